The standard InChI is InChI=1S/C58H45NO6/c1-3-63-58(62)55(59-45-31-28-38(2)29-32-45)65-57(61)54-36-52(50-27-15-23-41-21-11-13-25-47(41)50)44(35-51(54)42-18-8-5-9-19-42)37-64-56(60)53-34-43(30-33-49(53)39-16-6-4-7-17-39)48-26-14-22-40-20-10-12-24-46(40)48/h4-36,55,59H,3,37H2,1-2H3. The number of ether oxygens (including phenoxy) is 3. The summed E-state index contributed by atoms with van der Waals surface area (Å²) in [5, 5.41) is 7.15. The zero-order valence-corrected chi connectivity index (χ0v) is 36.0. The Morgan fingerprint density at radius 3 is 1.71 bits per heavy atom. The number of carbonyl (C=O) groups is 3. The van der Waals surface area contributed by atoms with Crippen LogP contribution >= 0.6 is 0 Å². The number of nitrogens with one attached hydrogen (secondary N) is 1. The molecule has 65 heavy (non-hydrogen) atoms. The van der Waals surface area contributed by atoms with Gasteiger partial charge in [0.05, 0.1) is 17.7 Å². The maximum Gasteiger partial charge on any atom is 0.369 e. The molecule has 0 aliphatic rings. The predicted molar refractivity (Wildman–Crippen MR) is 259 cm³/mol. The van der Waals surface area contributed by atoms with Crippen LogP contribution in [-0.4, -0.2) is 30.7 Å². The number of hydrogen-bond acceptors (Lipinski definition) is 7. The SMILES string of the molecule is CCOC(=O)C(Nc1ccc(C)cc1)OC(=O)c1cc(-c2cccc3ccccc23)c(COC(=O)c2cc(-c3cccc4ccccc34)ccc2-c2ccccc2)cc1-c1ccccc1. The molecule has 0 saturated carbocycles. The lowest BCUT2D eigenvalue weighted by Crippen LogP contribution is -2.36. The first-order valence-electron chi connectivity index (χ1n) is 21.6. The maximum absolute atomic E-state index is 14.7. The second-order valence-electron chi connectivity index (χ2n) is 15.7. The second kappa shape index (κ2) is 19.0. The van der Waals surface area contributed by atoms with Gasteiger partial charge in [-0.15, -0.1) is 0 Å². The van der Waals surface area contributed by atoms with Gasteiger partial charge in [0, 0.05) is 5.69 Å². The van der Waals surface area contributed by atoms with E-state index in [0.717, 1.165) is 60.5 Å². The average Bonchev–Trinajstić information content (AvgIpc) is 3.36. The van der Waals surface area contributed by atoms with Gasteiger partial charge in [-0.05, 0) is 116 Å². The van der Waals surface area contributed by atoms with Crippen molar-refractivity contribution in [2.75, 3.05) is 11.9 Å². The van der Waals surface area contributed by atoms with E-state index in [2.05, 4.69) is 29.6 Å². The van der Waals surface area contributed by atoms with Crippen molar-refractivity contribution in [1.29, 1.82) is 0 Å². The van der Waals surface area contributed by atoms with Crippen LogP contribution in [0, 0.1) is 6.92 Å². The minimum atomic E-state index is -1.45. The Labute approximate surface area is 377 Å². The maximum atomic E-state index is 14.7. The van der Waals surface area contributed by atoms with E-state index in [1.165, 1.54) is 0 Å². The van der Waals surface area contributed by atoms with Crippen molar-refractivity contribution in [3.63, 3.8) is 0 Å². The molecule has 1 unspecified atom stereocenters. The number of carbonyl (C=O) groups excluding carboxylic acids is 3. The number of rotatable bonds is 13. The molecule has 0 spiro atoms. The van der Waals surface area contributed by atoms with Crippen molar-refractivity contribution < 1.29 is 28.6 Å². The lowest BCUT2D eigenvalue weighted by Gasteiger charge is -2.21. The first kappa shape index (κ1) is 42.0. The normalized spacial score (nSPS) is 11.5. The molecule has 9 aromatic rings. The Morgan fingerprint density at radius 1 is 0.477 bits per heavy atom. The van der Waals surface area contributed by atoms with Crippen molar-refractivity contribution in [2.45, 2.75) is 26.7 Å². The van der Waals surface area contributed by atoms with Gasteiger partial charge in [-0.25, -0.2) is 14.4 Å². The quantitative estimate of drug-likeness (QED) is 0.0702. The Bertz CT molecular complexity index is 3170. The monoisotopic (exact) mass is 851 g/mol. The predicted octanol–water partition coefficient (Wildman–Crippen LogP) is 13.5. The molecular formula is C58H45NO6. The third kappa shape index (κ3) is 9.13. The third-order valence-corrected chi connectivity index (χ3v) is 11.5. The van der Waals surface area contributed by atoms with Crippen molar-refractivity contribution in [3.8, 4) is 44.5 Å². The van der Waals surface area contributed by atoms with Gasteiger partial charge in [0.25, 0.3) is 6.23 Å². The Balaban J connectivity index is 1.15. The van der Waals surface area contributed by atoms with Crippen molar-refractivity contribution in [3.05, 3.63) is 222 Å². The molecule has 0 bridgehead atoms. The highest BCUT2D eigenvalue weighted by Crippen LogP contribution is 2.38. The van der Waals surface area contributed by atoms with E-state index in [1.807, 2.05) is 177 Å². The highest BCUT2D eigenvalue weighted by Gasteiger charge is 2.28. The zero-order valence-electron chi connectivity index (χ0n) is 36.0. The van der Waals surface area contributed by atoms with Crippen LogP contribution in [0.25, 0.3) is 66.1 Å². The summed E-state index contributed by atoms with van der Waals surface area (Å²) in [4.78, 5) is 42.7. The summed E-state index contributed by atoms with van der Waals surface area (Å²) in [7, 11) is 0. The van der Waals surface area contributed by atoms with E-state index >= 15 is 0 Å². The van der Waals surface area contributed by atoms with Crippen molar-refractivity contribution in [1.82, 2.24) is 0 Å². The van der Waals surface area contributed by atoms with Gasteiger partial charge in [0.2, 0.25) is 0 Å². The number of esters is 3. The van der Waals surface area contributed by atoms with Crippen LogP contribution in [-0.2, 0) is 25.6 Å². The summed E-state index contributed by atoms with van der Waals surface area (Å²) in [5.74, 6) is -1.98. The van der Waals surface area contributed by atoms with E-state index in [0.29, 0.717) is 27.9 Å². The molecule has 1 atom stereocenters. The highest BCUT2D eigenvalue weighted by atomic mass is 16.6. The highest BCUT2D eigenvalue weighted by molar-refractivity contribution is 6.05. The lowest BCUT2D eigenvalue weighted by atomic mass is 9.89. The van der Waals surface area contributed by atoms with E-state index in [9.17, 15) is 14.4 Å². The number of anilines is 1. The molecule has 0 heterocycles. The molecule has 7 nitrogen and oxygen atoms in total. The van der Waals surface area contributed by atoms with Crippen molar-refractivity contribution in [2.24, 2.45) is 0 Å². The molecule has 9 rings (SSSR count). The minimum absolute atomic E-state index is 0.0939. The Kier molecular flexibility index (Phi) is 12.3. The van der Waals surface area contributed by atoms with E-state index in [4.69, 9.17) is 14.2 Å². The van der Waals surface area contributed by atoms with Gasteiger partial charge in [0.15, 0.2) is 0 Å². The smallest absolute Gasteiger partial charge is 0.369 e. The lowest BCUT2D eigenvalue weighted by molar-refractivity contribution is -0.151. The molecule has 0 amide bonds. The molecule has 0 fully saturated rings. The summed E-state index contributed by atoms with van der Waals surface area (Å²) in [5.41, 5.74) is 9.17. The van der Waals surface area contributed by atoms with Crippen LogP contribution < -0.4 is 5.32 Å². The van der Waals surface area contributed by atoms with E-state index in [-0.39, 0.29) is 18.8 Å². The first-order chi connectivity index (χ1) is 31.8. The van der Waals surface area contributed by atoms with Gasteiger partial charge >= 0.3 is 17.9 Å². The van der Waals surface area contributed by atoms with Gasteiger partial charge < -0.3 is 19.5 Å². The van der Waals surface area contributed by atoms with E-state index in [1.54, 1.807) is 13.0 Å². The Hall–Kier alpha value is -8.29. The molecule has 0 aromatic heterocycles. The zero-order chi connectivity index (χ0) is 44.7. The van der Waals surface area contributed by atoms with Crippen LogP contribution in [0.1, 0.15) is 38.8 Å². The second-order valence-corrected chi connectivity index (χ2v) is 15.7. The molecule has 0 saturated heterocycles. The fourth-order valence-electron chi connectivity index (χ4n) is 8.27. The van der Waals surface area contributed by atoms with Crippen LogP contribution in [0.2, 0.25) is 0 Å². The van der Waals surface area contributed by atoms with Crippen LogP contribution in [0.4, 0.5) is 5.69 Å². The van der Waals surface area contributed by atoms with Gasteiger partial charge in [-0.1, -0.05) is 175 Å². The summed E-state index contributed by atoms with van der Waals surface area (Å²) in [6, 6.07) is 64.6. The largest absolute Gasteiger partial charge is 0.462 e. The molecule has 0 aliphatic heterocycles. The van der Waals surface area contributed by atoms with Gasteiger partial charge in [-0.2, -0.15) is 0 Å². The first-order valence-corrected chi connectivity index (χ1v) is 21.6. The average molecular weight is 852 g/mol. The molecule has 318 valence electrons. The number of aryl methyl sites for hydroxylation is 1. The van der Waals surface area contributed by atoms with Crippen LogP contribution in [0.15, 0.2) is 200 Å². The summed E-state index contributed by atoms with van der Waals surface area (Å²) >= 11 is 0. The summed E-state index contributed by atoms with van der Waals surface area (Å²) < 4.78 is 17.8. The summed E-state index contributed by atoms with van der Waals surface area (Å²) in [6.07, 6.45) is -1.45. The molecule has 9 aromatic carbocycles. The van der Waals surface area contributed by atoms with Crippen molar-refractivity contribution >= 4 is 45.1 Å². The summed E-state index contributed by atoms with van der Waals surface area (Å²) in [6.45, 7) is 3.63. The van der Waals surface area contributed by atoms with Gasteiger partial charge in [-0.3, -0.25) is 0 Å². The fraction of sp³-hybridized carbons (Fsp3) is 0.0862. The van der Waals surface area contributed by atoms with E-state index < -0.39 is 24.1 Å². The molecule has 0 aliphatic carbocycles. The molecule has 7 heteroatoms. The fourth-order valence-corrected chi connectivity index (χ4v) is 8.27. The number of fused-ring (bicyclic) bond motifs is 2. The minimum Gasteiger partial charge on any atom is -0.462 e. The number of benzene rings is 9. The van der Waals surface area contributed by atoms with Crippen LogP contribution in [0.5, 0.6) is 0 Å². The molecule has 0 radical (unpaired) electrons. The topological polar surface area (TPSA) is 90.9 Å². The van der Waals surface area contributed by atoms with Crippen LogP contribution in [0.3, 0.4) is 0 Å². The molecule has 1 N–H and O–H groups in total. The van der Waals surface area contributed by atoms with Gasteiger partial charge in [0.1, 0.15) is 6.61 Å². The Morgan fingerprint density at radius 2 is 1.05 bits per heavy atom. The number of hydrogen-bond donors (Lipinski definition) is 1. The third-order valence-electron chi connectivity index (χ3n) is 11.5. The molecular weight excluding hydrogens is 807 g/mol.